The number of nitrogens with zero attached hydrogens (tertiary/aromatic N) is 4. The lowest BCUT2D eigenvalue weighted by atomic mass is 9.70. The summed E-state index contributed by atoms with van der Waals surface area (Å²) in [5.74, 6) is -0.582. The molecule has 2 aromatic heterocycles. The molecule has 2 bridgehead atoms. The Balaban J connectivity index is 1.31. The number of rotatable bonds is 11. The van der Waals surface area contributed by atoms with E-state index in [0.29, 0.717) is 31.8 Å². The second-order valence-electron chi connectivity index (χ2n) is 11.8. The maximum atomic E-state index is 14.5. The predicted octanol–water partition coefficient (Wildman–Crippen LogP) is 2.11. The molecule has 3 unspecified atom stereocenters. The second kappa shape index (κ2) is 11.4. The summed E-state index contributed by atoms with van der Waals surface area (Å²) in [4.78, 5) is 32.6. The highest BCUT2D eigenvalue weighted by Crippen LogP contribution is 2.50. The average molecular weight is 572 g/mol. The van der Waals surface area contributed by atoms with Crippen molar-refractivity contribution in [3.05, 3.63) is 65.9 Å². The van der Waals surface area contributed by atoms with Gasteiger partial charge in [-0.05, 0) is 80.1 Å². The van der Waals surface area contributed by atoms with Crippen molar-refractivity contribution >= 4 is 28.7 Å². The molecule has 0 aliphatic carbocycles. The van der Waals surface area contributed by atoms with E-state index in [2.05, 4.69) is 54.3 Å². The summed E-state index contributed by atoms with van der Waals surface area (Å²) in [6.45, 7) is 0.381. The van der Waals surface area contributed by atoms with Crippen LogP contribution in [0.5, 0.6) is 5.75 Å². The maximum Gasteiger partial charge on any atom is 0.263 e. The molecular weight excluding hydrogens is 534 g/mol. The Labute approximate surface area is 243 Å². The average Bonchev–Trinajstić information content (AvgIpc) is 3.69. The molecule has 2 fully saturated rings. The first kappa shape index (κ1) is 27.7. The van der Waals surface area contributed by atoms with Crippen molar-refractivity contribution in [3.63, 3.8) is 0 Å². The van der Waals surface area contributed by atoms with E-state index in [1.54, 1.807) is 12.1 Å². The molecule has 220 valence electrons. The lowest BCUT2D eigenvalue weighted by Gasteiger charge is -2.49. The number of primary amides is 1. The van der Waals surface area contributed by atoms with Crippen LogP contribution < -0.4 is 16.4 Å². The summed E-state index contributed by atoms with van der Waals surface area (Å²) < 4.78 is 0. The molecular formula is C30H37N9O3. The van der Waals surface area contributed by atoms with Crippen LogP contribution in [0.1, 0.15) is 36.8 Å². The van der Waals surface area contributed by atoms with Crippen molar-refractivity contribution in [1.29, 1.82) is 0 Å². The molecule has 42 heavy (non-hydrogen) atoms. The summed E-state index contributed by atoms with van der Waals surface area (Å²) >= 11 is 0. The van der Waals surface area contributed by atoms with Crippen LogP contribution in [0.4, 0.5) is 5.95 Å². The number of hydrogen-bond donors (Lipinski definition) is 6. The number of aromatic amines is 2. The first-order valence-corrected chi connectivity index (χ1v) is 14.5. The minimum Gasteiger partial charge on any atom is -0.508 e. The number of tetrazole rings is 1. The van der Waals surface area contributed by atoms with Crippen LogP contribution in [0, 0.1) is 11.8 Å². The predicted molar refractivity (Wildman–Crippen MR) is 157 cm³/mol. The van der Waals surface area contributed by atoms with Gasteiger partial charge in [-0.3, -0.25) is 14.5 Å². The van der Waals surface area contributed by atoms with Crippen LogP contribution in [0.2, 0.25) is 0 Å². The number of benzene rings is 2. The van der Waals surface area contributed by atoms with Crippen LogP contribution >= 0.6 is 0 Å². The Morgan fingerprint density at radius 1 is 1.19 bits per heavy atom. The smallest absolute Gasteiger partial charge is 0.263 e. The lowest BCUT2D eigenvalue weighted by molar-refractivity contribution is -0.136. The SMILES string of the molecule is CN1C2CCC1([C@H](Cc1ccc(O)cc1)C(=O)N[C@H](CNc1nn[nH]n1)Cc1c[nH]c3ccccc13)CC(C(N)=O)C2. The highest BCUT2D eigenvalue weighted by Gasteiger charge is 2.56. The topological polar surface area (TPSA) is 178 Å². The van der Waals surface area contributed by atoms with Gasteiger partial charge >= 0.3 is 0 Å². The van der Waals surface area contributed by atoms with E-state index in [0.717, 1.165) is 41.3 Å². The van der Waals surface area contributed by atoms with Crippen molar-refractivity contribution < 1.29 is 14.7 Å². The van der Waals surface area contributed by atoms with Crippen molar-refractivity contribution in [2.75, 3.05) is 18.9 Å². The minimum atomic E-state index is -0.517. The fourth-order valence-electron chi connectivity index (χ4n) is 7.18. The zero-order chi connectivity index (χ0) is 29.3. The summed E-state index contributed by atoms with van der Waals surface area (Å²) in [5, 5.41) is 31.6. The van der Waals surface area contributed by atoms with E-state index in [4.69, 9.17) is 5.73 Å². The van der Waals surface area contributed by atoms with Crippen LogP contribution in [0.3, 0.4) is 0 Å². The molecule has 7 N–H and O–H groups in total. The maximum absolute atomic E-state index is 14.5. The van der Waals surface area contributed by atoms with Gasteiger partial charge in [0.2, 0.25) is 11.8 Å². The summed E-state index contributed by atoms with van der Waals surface area (Å²) in [7, 11) is 2.08. The molecule has 0 saturated carbocycles. The first-order chi connectivity index (χ1) is 20.3. The van der Waals surface area contributed by atoms with Gasteiger partial charge in [-0.15, -0.1) is 5.10 Å². The molecule has 2 saturated heterocycles. The van der Waals surface area contributed by atoms with E-state index < -0.39 is 11.5 Å². The van der Waals surface area contributed by atoms with E-state index in [9.17, 15) is 14.7 Å². The van der Waals surface area contributed by atoms with Crippen LogP contribution in [0.25, 0.3) is 10.9 Å². The Bertz CT molecular complexity index is 1540. The number of anilines is 1. The number of phenols is 1. The molecule has 0 spiro atoms. The number of aromatic nitrogens is 5. The number of nitrogens with one attached hydrogen (secondary N) is 4. The molecule has 5 atom stereocenters. The number of carbonyl (C=O) groups is 2. The number of phenolic OH excluding ortho intramolecular Hbond substituents is 1. The first-order valence-electron chi connectivity index (χ1n) is 14.5. The summed E-state index contributed by atoms with van der Waals surface area (Å²) in [6, 6.07) is 15.0. The van der Waals surface area contributed by atoms with Crippen molar-refractivity contribution in [1.82, 2.24) is 35.8 Å². The van der Waals surface area contributed by atoms with Crippen molar-refractivity contribution in [2.24, 2.45) is 17.6 Å². The lowest BCUT2D eigenvalue weighted by Crippen LogP contribution is -2.61. The van der Waals surface area contributed by atoms with Gasteiger partial charge < -0.3 is 26.5 Å². The van der Waals surface area contributed by atoms with Crippen LogP contribution in [0.15, 0.2) is 54.7 Å². The van der Waals surface area contributed by atoms with Gasteiger partial charge in [0.05, 0.1) is 12.0 Å². The van der Waals surface area contributed by atoms with Gasteiger partial charge in [-0.2, -0.15) is 5.21 Å². The number of H-pyrrole nitrogens is 2. The molecule has 6 rings (SSSR count). The van der Waals surface area contributed by atoms with Gasteiger partial charge in [0.25, 0.3) is 5.95 Å². The number of carbonyl (C=O) groups excluding carboxylic acids is 2. The fraction of sp³-hybridized carbons (Fsp3) is 0.433. The van der Waals surface area contributed by atoms with Crippen LogP contribution in [-0.4, -0.2) is 78.6 Å². The van der Waals surface area contributed by atoms with E-state index >= 15 is 0 Å². The van der Waals surface area contributed by atoms with E-state index in [1.165, 1.54) is 0 Å². The number of hydrogen-bond acceptors (Lipinski definition) is 8. The number of aromatic hydroxyl groups is 1. The summed E-state index contributed by atoms with van der Waals surface area (Å²) in [5.41, 5.74) is 8.39. The normalized spacial score (nSPS) is 23.5. The Morgan fingerprint density at radius 2 is 2.00 bits per heavy atom. The highest BCUT2D eigenvalue weighted by molar-refractivity contribution is 5.84. The Kier molecular flexibility index (Phi) is 7.55. The number of para-hydroxylation sites is 1. The third-order valence-electron chi connectivity index (χ3n) is 9.40. The third-order valence-corrected chi connectivity index (χ3v) is 9.40. The van der Waals surface area contributed by atoms with Gasteiger partial charge in [0.15, 0.2) is 0 Å². The second-order valence-corrected chi connectivity index (χ2v) is 11.8. The van der Waals surface area contributed by atoms with Crippen molar-refractivity contribution in [3.8, 4) is 5.75 Å². The number of amides is 2. The van der Waals surface area contributed by atoms with Gasteiger partial charge in [0, 0.05) is 41.1 Å². The Morgan fingerprint density at radius 3 is 2.76 bits per heavy atom. The zero-order valence-electron chi connectivity index (χ0n) is 23.6. The van der Waals surface area contributed by atoms with E-state index in [-0.39, 0.29) is 35.6 Å². The van der Waals surface area contributed by atoms with E-state index in [1.807, 2.05) is 36.5 Å². The molecule has 12 nitrogen and oxygen atoms in total. The summed E-state index contributed by atoms with van der Waals surface area (Å²) in [6.07, 6.45) is 6.01. The number of nitrogens with two attached hydrogens (primary N) is 1. The molecule has 12 heteroatoms. The monoisotopic (exact) mass is 571 g/mol. The molecule has 4 aromatic rings. The molecule has 2 aromatic carbocycles. The van der Waals surface area contributed by atoms with Crippen LogP contribution in [-0.2, 0) is 22.4 Å². The fourth-order valence-corrected chi connectivity index (χ4v) is 7.18. The highest BCUT2D eigenvalue weighted by atomic mass is 16.3. The number of piperidine rings is 1. The molecule has 4 heterocycles. The standard InChI is InChI=1S/C30H37N9O3/c1-39-22-10-11-30(39,15-19(14-22)27(31)41)25(12-18-6-8-23(40)9-7-18)28(42)34-21(17-33-29-35-37-38-36-29)13-20-16-32-26-5-3-2-4-24(20)26/h2-9,16,19,21-22,25,32,40H,10-15,17H2,1H3,(H2,31,41)(H,34,42)(H2,33,35,36,37,38)/t19?,21-,22?,25+,30?/m0/s1. The largest absolute Gasteiger partial charge is 0.508 e. The third kappa shape index (κ3) is 5.41. The molecule has 2 amide bonds. The van der Waals surface area contributed by atoms with Gasteiger partial charge in [-0.1, -0.05) is 35.4 Å². The van der Waals surface area contributed by atoms with Crippen molar-refractivity contribution in [2.45, 2.75) is 56.1 Å². The zero-order valence-corrected chi connectivity index (χ0v) is 23.6. The number of fused-ring (bicyclic) bond motifs is 3. The van der Waals surface area contributed by atoms with Gasteiger partial charge in [-0.25, -0.2) is 0 Å². The molecule has 0 radical (unpaired) electrons. The molecule has 2 aliphatic heterocycles. The van der Waals surface area contributed by atoms with Gasteiger partial charge in [0.1, 0.15) is 5.75 Å². The molecule has 2 aliphatic rings. The minimum absolute atomic E-state index is 0.0829. The quantitative estimate of drug-likeness (QED) is 0.158. The Hall–Kier alpha value is -4.45.